The van der Waals surface area contributed by atoms with Crippen LogP contribution in [0.1, 0.15) is 24.6 Å². The first-order valence-electron chi connectivity index (χ1n) is 5.50. The van der Waals surface area contributed by atoms with Gasteiger partial charge in [-0.1, -0.05) is 36.8 Å². The monoisotopic (exact) mass is 216 g/mol. The normalized spacial score (nSPS) is 10.6. The topological polar surface area (TPSA) is 56.7 Å². The predicted molar refractivity (Wildman–Crippen MR) is 64.5 cm³/mol. The molecule has 1 heterocycles. The van der Waals surface area contributed by atoms with E-state index in [4.69, 9.17) is 5.73 Å². The Bertz CT molecular complexity index is 488. The largest absolute Gasteiger partial charge is 0.381 e. The van der Waals surface area contributed by atoms with E-state index in [9.17, 15) is 0 Å². The maximum Gasteiger partial charge on any atom is 0.169 e. The van der Waals surface area contributed by atoms with Gasteiger partial charge >= 0.3 is 0 Å². The first-order valence-corrected chi connectivity index (χ1v) is 5.50. The summed E-state index contributed by atoms with van der Waals surface area (Å²) >= 11 is 0. The van der Waals surface area contributed by atoms with Gasteiger partial charge in [0.2, 0.25) is 0 Å². The van der Waals surface area contributed by atoms with E-state index in [-0.39, 0.29) is 0 Å². The molecule has 16 heavy (non-hydrogen) atoms. The first-order chi connectivity index (χ1) is 7.74. The fourth-order valence-corrected chi connectivity index (χ4v) is 1.78. The standard InChI is InChI=1S/C12H16N4/c1-3-6-11-12(13)14-15-16(11)10-8-5-4-7-9(10)2/h4-5,7-8H,3,6,13H2,1-2H3. The average Bonchev–Trinajstić information content (AvgIpc) is 2.62. The Morgan fingerprint density at radius 2 is 2.06 bits per heavy atom. The van der Waals surface area contributed by atoms with E-state index in [1.807, 2.05) is 22.9 Å². The van der Waals surface area contributed by atoms with Crippen molar-refractivity contribution in [2.75, 3.05) is 5.73 Å². The van der Waals surface area contributed by atoms with Crippen LogP contribution in [0.25, 0.3) is 5.69 Å². The van der Waals surface area contributed by atoms with Crippen molar-refractivity contribution in [2.45, 2.75) is 26.7 Å². The van der Waals surface area contributed by atoms with Crippen molar-refractivity contribution in [2.24, 2.45) is 0 Å². The molecule has 0 unspecified atom stereocenters. The maximum atomic E-state index is 5.82. The van der Waals surface area contributed by atoms with E-state index < -0.39 is 0 Å². The molecule has 0 aliphatic heterocycles. The van der Waals surface area contributed by atoms with Gasteiger partial charge in [0.15, 0.2) is 5.82 Å². The molecule has 0 saturated carbocycles. The Morgan fingerprint density at radius 1 is 1.31 bits per heavy atom. The lowest BCUT2D eigenvalue weighted by molar-refractivity contribution is 0.742. The molecule has 0 radical (unpaired) electrons. The summed E-state index contributed by atoms with van der Waals surface area (Å²) in [6, 6.07) is 8.10. The van der Waals surface area contributed by atoms with Gasteiger partial charge in [-0.3, -0.25) is 0 Å². The van der Waals surface area contributed by atoms with Crippen LogP contribution in [0.4, 0.5) is 5.82 Å². The van der Waals surface area contributed by atoms with Crippen molar-refractivity contribution in [3.63, 3.8) is 0 Å². The number of rotatable bonds is 3. The summed E-state index contributed by atoms with van der Waals surface area (Å²) in [6.45, 7) is 4.18. The zero-order valence-corrected chi connectivity index (χ0v) is 9.64. The number of aryl methyl sites for hydroxylation is 1. The first kappa shape index (κ1) is 10.7. The molecule has 2 N–H and O–H groups in total. The van der Waals surface area contributed by atoms with Crippen LogP contribution in [-0.4, -0.2) is 15.0 Å². The Balaban J connectivity index is 2.52. The average molecular weight is 216 g/mol. The Labute approximate surface area is 95.1 Å². The van der Waals surface area contributed by atoms with E-state index in [1.165, 1.54) is 5.56 Å². The molecule has 0 aliphatic rings. The van der Waals surface area contributed by atoms with E-state index in [0.29, 0.717) is 5.82 Å². The summed E-state index contributed by atoms with van der Waals surface area (Å²) in [5, 5.41) is 8.05. The summed E-state index contributed by atoms with van der Waals surface area (Å²) < 4.78 is 1.84. The number of nitrogens with zero attached hydrogens (tertiary/aromatic N) is 3. The quantitative estimate of drug-likeness (QED) is 0.854. The van der Waals surface area contributed by atoms with Gasteiger partial charge in [0.25, 0.3) is 0 Å². The summed E-state index contributed by atoms with van der Waals surface area (Å²) in [4.78, 5) is 0. The fourth-order valence-electron chi connectivity index (χ4n) is 1.78. The lowest BCUT2D eigenvalue weighted by atomic mass is 10.2. The molecule has 2 rings (SSSR count). The molecule has 0 saturated heterocycles. The lowest BCUT2D eigenvalue weighted by Gasteiger charge is -2.08. The molecule has 0 bridgehead atoms. The van der Waals surface area contributed by atoms with Gasteiger partial charge < -0.3 is 5.73 Å². The van der Waals surface area contributed by atoms with Crippen LogP contribution in [-0.2, 0) is 6.42 Å². The second-order valence-corrected chi connectivity index (χ2v) is 3.87. The van der Waals surface area contributed by atoms with Gasteiger partial charge in [-0.25, -0.2) is 4.68 Å². The highest BCUT2D eigenvalue weighted by Gasteiger charge is 2.11. The molecule has 4 heteroatoms. The van der Waals surface area contributed by atoms with Gasteiger partial charge in [0, 0.05) is 0 Å². The Kier molecular flexibility index (Phi) is 2.90. The van der Waals surface area contributed by atoms with Crippen LogP contribution in [0.3, 0.4) is 0 Å². The number of benzene rings is 1. The van der Waals surface area contributed by atoms with Gasteiger partial charge in [-0.05, 0) is 25.0 Å². The van der Waals surface area contributed by atoms with E-state index in [2.05, 4.69) is 30.2 Å². The van der Waals surface area contributed by atoms with Crippen molar-refractivity contribution in [3.05, 3.63) is 35.5 Å². The number of hydrogen-bond donors (Lipinski definition) is 1. The number of hydrogen-bond acceptors (Lipinski definition) is 3. The Hall–Kier alpha value is -1.84. The molecule has 1 aromatic heterocycles. The number of para-hydroxylation sites is 1. The summed E-state index contributed by atoms with van der Waals surface area (Å²) in [5.74, 6) is 0.533. The number of nitrogens with two attached hydrogens (primary N) is 1. The van der Waals surface area contributed by atoms with Crippen molar-refractivity contribution >= 4 is 5.82 Å². The number of nitrogen functional groups attached to an aromatic ring is 1. The van der Waals surface area contributed by atoms with Crippen molar-refractivity contribution in [3.8, 4) is 5.69 Å². The van der Waals surface area contributed by atoms with Gasteiger partial charge in [0.05, 0.1) is 11.4 Å². The maximum absolute atomic E-state index is 5.82. The molecular weight excluding hydrogens is 200 g/mol. The smallest absolute Gasteiger partial charge is 0.169 e. The van der Waals surface area contributed by atoms with Crippen molar-refractivity contribution in [1.82, 2.24) is 15.0 Å². The molecule has 0 spiro atoms. The second-order valence-electron chi connectivity index (χ2n) is 3.87. The minimum atomic E-state index is 0.533. The molecule has 1 aromatic carbocycles. The van der Waals surface area contributed by atoms with Gasteiger partial charge in [-0.2, -0.15) is 0 Å². The van der Waals surface area contributed by atoms with Crippen LogP contribution in [0.15, 0.2) is 24.3 Å². The van der Waals surface area contributed by atoms with Crippen LogP contribution >= 0.6 is 0 Å². The fraction of sp³-hybridized carbons (Fsp3) is 0.333. The molecule has 0 amide bonds. The Morgan fingerprint density at radius 3 is 2.75 bits per heavy atom. The zero-order valence-electron chi connectivity index (χ0n) is 9.64. The number of aromatic nitrogens is 3. The highest BCUT2D eigenvalue weighted by atomic mass is 15.4. The van der Waals surface area contributed by atoms with E-state index in [1.54, 1.807) is 0 Å². The van der Waals surface area contributed by atoms with Gasteiger partial charge in [0.1, 0.15) is 0 Å². The van der Waals surface area contributed by atoms with Crippen LogP contribution in [0, 0.1) is 6.92 Å². The van der Waals surface area contributed by atoms with Crippen molar-refractivity contribution in [1.29, 1.82) is 0 Å². The highest BCUT2D eigenvalue weighted by molar-refractivity contribution is 5.45. The second kappa shape index (κ2) is 4.35. The van der Waals surface area contributed by atoms with Crippen LogP contribution in [0.5, 0.6) is 0 Å². The summed E-state index contributed by atoms with van der Waals surface area (Å²) in [7, 11) is 0. The molecular formula is C12H16N4. The minimum Gasteiger partial charge on any atom is -0.381 e. The molecule has 0 fully saturated rings. The highest BCUT2D eigenvalue weighted by Crippen LogP contribution is 2.18. The van der Waals surface area contributed by atoms with E-state index in [0.717, 1.165) is 24.2 Å². The van der Waals surface area contributed by atoms with Gasteiger partial charge in [-0.15, -0.1) is 5.10 Å². The van der Waals surface area contributed by atoms with Crippen LogP contribution in [0.2, 0.25) is 0 Å². The number of anilines is 1. The summed E-state index contributed by atoms with van der Waals surface area (Å²) in [6.07, 6.45) is 1.93. The third-order valence-corrected chi connectivity index (χ3v) is 2.62. The summed E-state index contributed by atoms with van der Waals surface area (Å²) in [5.41, 5.74) is 9.04. The molecule has 84 valence electrons. The molecule has 2 aromatic rings. The molecule has 0 aliphatic carbocycles. The zero-order chi connectivity index (χ0) is 11.5. The SMILES string of the molecule is CCCc1c(N)nnn1-c1ccccc1C. The van der Waals surface area contributed by atoms with E-state index >= 15 is 0 Å². The third kappa shape index (κ3) is 1.78. The lowest BCUT2D eigenvalue weighted by Crippen LogP contribution is -2.05. The van der Waals surface area contributed by atoms with Crippen molar-refractivity contribution < 1.29 is 0 Å². The van der Waals surface area contributed by atoms with Crippen LogP contribution < -0.4 is 5.73 Å². The molecule has 4 nitrogen and oxygen atoms in total. The third-order valence-electron chi connectivity index (χ3n) is 2.62. The predicted octanol–water partition coefficient (Wildman–Crippen LogP) is 2.11. The molecule has 0 atom stereocenters. The minimum absolute atomic E-state index is 0.533.